The van der Waals surface area contributed by atoms with Gasteiger partial charge in [-0.1, -0.05) is 26.0 Å². The van der Waals surface area contributed by atoms with E-state index in [2.05, 4.69) is 24.1 Å². The summed E-state index contributed by atoms with van der Waals surface area (Å²) in [6, 6.07) is 9.17. The van der Waals surface area contributed by atoms with E-state index in [9.17, 15) is 9.59 Å². The molecule has 0 aliphatic carbocycles. The molecular weight excluding hydrogens is 402 g/mol. The second kappa shape index (κ2) is 12.2. The van der Waals surface area contributed by atoms with Gasteiger partial charge in [-0.05, 0) is 42.2 Å². The van der Waals surface area contributed by atoms with Crippen LogP contribution in [0, 0.1) is 0 Å². The van der Waals surface area contributed by atoms with Crippen molar-refractivity contribution >= 4 is 23.2 Å². The molecule has 0 aliphatic heterocycles. The second-order valence-corrected chi connectivity index (χ2v) is 7.72. The Balaban J connectivity index is 1.84. The van der Waals surface area contributed by atoms with Gasteiger partial charge >= 0.3 is 0 Å². The molecule has 0 unspecified atom stereocenters. The molecule has 1 N–H and O–H groups in total. The number of benzene rings is 1. The van der Waals surface area contributed by atoms with E-state index in [-0.39, 0.29) is 18.4 Å². The van der Waals surface area contributed by atoms with Crippen LogP contribution in [0.2, 0.25) is 0 Å². The van der Waals surface area contributed by atoms with Crippen LogP contribution in [0.5, 0.6) is 11.5 Å². The number of nitrogens with one attached hydrogen (secondary N) is 1. The molecule has 164 valence electrons. The van der Waals surface area contributed by atoms with Crippen LogP contribution in [-0.4, -0.2) is 68.6 Å². The van der Waals surface area contributed by atoms with Crippen molar-refractivity contribution < 1.29 is 19.1 Å². The van der Waals surface area contributed by atoms with E-state index >= 15 is 0 Å². The maximum Gasteiger partial charge on any atom is 0.264 e. The third-order valence-corrected chi connectivity index (χ3v) is 5.59. The average Bonchev–Trinajstić information content (AvgIpc) is 3.30. The zero-order valence-corrected chi connectivity index (χ0v) is 19.0. The zero-order chi connectivity index (χ0) is 21.9. The van der Waals surface area contributed by atoms with Crippen molar-refractivity contribution in [2.24, 2.45) is 0 Å². The van der Waals surface area contributed by atoms with Gasteiger partial charge in [0, 0.05) is 20.1 Å². The van der Waals surface area contributed by atoms with Gasteiger partial charge in [-0.25, -0.2) is 0 Å². The lowest BCUT2D eigenvalue weighted by atomic mass is 10.2. The smallest absolute Gasteiger partial charge is 0.264 e. The first-order valence-electron chi connectivity index (χ1n) is 10.1. The summed E-state index contributed by atoms with van der Waals surface area (Å²) in [5, 5.41) is 4.68. The molecular formula is C22H31N3O4S. The maximum atomic E-state index is 12.2. The average molecular weight is 434 g/mol. The van der Waals surface area contributed by atoms with Crippen molar-refractivity contribution in [1.82, 2.24) is 15.1 Å². The van der Waals surface area contributed by atoms with E-state index in [4.69, 9.17) is 9.47 Å². The van der Waals surface area contributed by atoms with Crippen LogP contribution in [0.4, 0.5) is 0 Å². The lowest BCUT2D eigenvalue weighted by Crippen LogP contribution is -2.37. The van der Waals surface area contributed by atoms with Crippen molar-refractivity contribution in [2.45, 2.75) is 20.4 Å². The largest absolute Gasteiger partial charge is 0.493 e. The van der Waals surface area contributed by atoms with E-state index in [1.165, 1.54) is 16.2 Å². The third kappa shape index (κ3) is 7.03. The predicted molar refractivity (Wildman–Crippen MR) is 119 cm³/mol. The Labute approximate surface area is 182 Å². The number of carbonyl (C=O) groups excluding carboxylic acids is 2. The lowest BCUT2D eigenvalue weighted by Gasteiger charge is -2.19. The van der Waals surface area contributed by atoms with Gasteiger partial charge < -0.3 is 24.6 Å². The van der Waals surface area contributed by atoms with Crippen LogP contribution in [0.1, 0.15) is 29.1 Å². The Kier molecular flexibility index (Phi) is 9.63. The van der Waals surface area contributed by atoms with E-state index in [1.54, 1.807) is 20.2 Å². The molecule has 2 aromatic rings. The number of rotatable bonds is 12. The molecule has 2 amide bonds. The molecule has 30 heavy (non-hydrogen) atoms. The number of amides is 2. The normalized spacial score (nSPS) is 10.7. The molecule has 0 atom stereocenters. The topological polar surface area (TPSA) is 71.1 Å². The fourth-order valence-electron chi connectivity index (χ4n) is 2.90. The van der Waals surface area contributed by atoms with Crippen molar-refractivity contribution in [3.63, 3.8) is 0 Å². The number of hydrogen-bond acceptors (Lipinski definition) is 6. The number of nitrogens with zero attached hydrogens (tertiary/aromatic N) is 2. The Bertz CT molecular complexity index is 807. The summed E-state index contributed by atoms with van der Waals surface area (Å²) < 4.78 is 11.3. The van der Waals surface area contributed by atoms with Crippen LogP contribution in [0.3, 0.4) is 0 Å². The maximum absolute atomic E-state index is 12.2. The minimum atomic E-state index is -0.221. The number of carbonyl (C=O) groups is 2. The Morgan fingerprint density at radius 2 is 1.90 bits per heavy atom. The van der Waals surface area contributed by atoms with Crippen LogP contribution < -0.4 is 14.8 Å². The van der Waals surface area contributed by atoms with Gasteiger partial charge in [-0.3, -0.25) is 9.59 Å². The summed E-state index contributed by atoms with van der Waals surface area (Å²) in [4.78, 5) is 28.8. The predicted octanol–water partition coefficient (Wildman–Crippen LogP) is 2.87. The molecule has 1 aromatic heterocycles. The van der Waals surface area contributed by atoms with Gasteiger partial charge in [0.05, 0.1) is 18.5 Å². The highest BCUT2D eigenvalue weighted by Gasteiger charge is 2.15. The first kappa shape index (κ1) is 23.7. The molecule has 2 rings (SSSR count). The van der Waals surface area contributed by atoms with Gasteiger partial charge in [0.15, 0.2) is 11.5 Å². The van der Waals surface area contributed by atoms with E-state index in [1.807, 2.05) is 29.6 Å². The van der Waals surface area contributed by atoms with Crippen molar-refractivity contribution in [3.05, 3.63) is 46.2 Å². The van der Waals surface area contributed by atoms with Crippen LogP contribution >= 0.6 is 11.3 Å². The Morgan fingerprint density at radius 3 is 2.53 bits per heavy atom. The highest BCUT2D eigenvalue weighted by atomic mass is 32.1. The molecule has 0 bridgehead atoms. The molecule has 0 fully saturated rings. The Hall–Kier alpha value is -2.58. The molecule has 0 saturated heterocycles. The monoisotopic (exact) mass is 433 g/mol. The minimum Gasteiger partial charge on any atom is -0.493 e. The summed E-state index contributed by atoms with van der Waals surface area (Å²) in [5.74, 6) is 0.932. The quantitative estimate of drug-likeness (QED) is 0.557. The molecule has 0 saturated carbocycles. The van der Waals surface area contributed by atoms with Crippen LogP contribution in [-0.2, 0) is 11.3 Å². The van der Waals surface area contributed by atoms with Gasteiger partial charge in [0.25, 0.3) is 5.91 Å². The molecule has 7 nitrogen and oxygen atoms in total. The molecule has 8 heteroatoms. The van der Waals surface area contributed by atoms with E-state index < -0.39 is 0 Å². The summed E-state index contributed by atoms with van der Waals surface area (Å²) in [6.07, 6.45) is 0. The zero-order valence-electron chi connectivity index (χ0n) is 18.1. The highest BCUT2D eigenvalue weighted by molar-refractivity contribution is 7.12. The summed E-state index contributed by atoms with van der Waals surface area (Å²) in [6.45, 7) is 8.01. The fraction of sp³-hybridized carbons (Fsp3) is 0.455. The second-order valence-electron chi connectivity index (χ2n) is 6.78. The first-order valence-corrected chi connectivity index (χ1v) is 10.9. The fourth-order valence-corrected chi connectivity index (χ4v) is 3.62. The first-order chi connectivity index (χ1) is 14.5. The van der Waals surface area contributed by atoms with Crippen LogP contribution in [0.15, 0.2) is 35.7 Å². The van der Waals surface area contributed by atoms with Crippen molar-refractivity contribution in [1.29, 1.82) is 0 Å². The molecule has 1 aromatic carbocycles. The van der Waals surface area contributed by atoms with Gasteiger partial charge in [-0.2, -0.15) is 0 Å². The van der Waals surface area contributed by atoms with Crippen LogP contribution in [0.25, 0.3) is 0 Å². The third-order valence-electron chi connectivity index (χ3n) is 4.74. The van der Waals surface area contributed by atoms with E-state index in [0.29, 0.717) is 29.5 Å². The van der Waals surface area contributed by atoms with Crippen molar-refractivity contribution in [3.8, 4) is 11.5 Å². The standard InChI is InChI=1S/C22H31N3O4S/c1-5-25(6-2)11-12-29-18-10-9-17(14-19(18)28-4)15-23-21(26)16-24(3)22(27)20-8-7-13-30-20/h7-10,13-14H,5-6,11-12,15-16H2,1-4H3,(H,23,26). The van der Waals surface area contributed by atoms with Gasteiger partial charge in [0.2, 0.25) is 5.91 Å². The SMILES string of the molecule is CCN(CC)CCOc1ccc(CNC(=O)CN(C)C(=O)c2cccs2)cc1OC. The number of thiophene rings is 1. The highest BCUT2D eigenvalue weighted by Crippen LogP contribution is 2.28. The number of likely N-dealkylation sites (N-methyl/N-ethyl adjacent to an activating group) is 2. The molecule has 0 spiro atoms. The molecule has 0 aliphatic rings. The van der Waals surface area contributed by atoms with Crippen molar-refractivity contribution in [2.75, 3.05) is 46.9 Å². The van der Waals surface area contributed by atoms with E-state index in [0.717, 1.165) is 25.2 Å². The van der Waals surface area contributed by atoms with Gasteiger partial charge in [0.1, 0.15) is 6.61 Å². The lowest BCUT2D eigenvalue weighted by molar-refractivity contribution is -0.121. The molecule has 0 radical (unpaired) electrons. The summed E-state index contributed by atoms with van der Waals surface area (Å²) >= 11 is 1.36. The molecule has 1 heterocycles. The number of methoxy groups -OCH3 is 1. The Morgan fingerprint density at radius 1 is 1.13 bits per heavy atom. The summed E-state index contributed by atoms with van der Waals surface area (Å²) in [5.41, 5.74) is 0.892. The minimum absolute atomic E-state index is 0.000417. The number of ether oxygens (including phenoxy) is 2. The van der Waals surface area contributed by atoms with Gasteiger partial charge in [-0.15, -0.1) is 11.3 Å². The summed E-state index contributed by atoms with van der Waals surface area (Å²) in [7, 11) is 3.22. The number of hydrogen-bond donors (Lipinski definition) is 1.